The van der Waals surface area contributed by atoms with E-state index >= 15 is 0 Å². The molecule has 22 nitrogen and oxygen atoms in total. The normalized spacial score (nSPS) is 17.4. The SMILES string of the molecule is COc1ncc(-c2ccc3nccc(-c4ccc(COC(=O)OCCSSCC(NC(=O)CCC(=O)NCc5cccc6c5CN(C(=O)C[C@@H]5C[C@@H](C(=O)N7C[C@@H](F)C[C@H]7C#N)NC5=O)C6)C(=O)O)nc4)c3c2)cc1CS(=O)(=O)c1ccc(C)cc1F. The van der Waals surface area contributed by atoms with Gasteiger partial charge in [-0.15, -0.1) is 0 Å². The number of methoxy groups -OCH3 is 1. The van der Waals surface area contributed by atoms with E-state index in [1.165, 1.54) is 36.1 Å². The van der Waals surface area contributed by atoms with Crippen LogP contribution in [0, 0.1) is 30.0 Å². The number of nitrogens with one attached hydrogen (secondary N) is 3. The summed E-state index contributed by atoms with van der Waals surface area (Å²) in [5.41, 5.74) is 7.14. The number of carboxylic acid groups (broad SMARTS) is 1. The van der Waals surface area contributed by atoms with E-state index in [1.807, 2.05) is 36.4 Å². The van der Waals surface area contributed by atoms with E-state index in [0.29, 0.717) is 27.9 Å². The Kier molecular flexibility index (Phi) is 20.3. The summed E-state index contributed by atoms with van der Waals surface area (Å²) in [4.78, 5) is 105. The van der Waals surface area contributed by atoms with Crippen molar-refractivity contribution >= 4 is 84.0 Å². The number of alkyl halides is 1. The molecule has 0 spiro atoms. The van der Waals surface area contributed by atoms with Gasteiger partial charge in [-0.3, -0.25) is 33.9 Å². The first-order valence-electron chi connectivity index (χ1n) is 27.5. The van der Waals surface area contributed by atoms with Crippen LogP contribution in [0.2, 0.25) is 0 Å². The Bertz CT molecular complexity index is 3800. The standard InChI is InChI=1S/C60H59F2N9O13S3/c1-34-6-11-52(48(62)18-34)87(80,81)33-41-19-40(27-67-57(41)82-2)35-8-10-49-46(20-35)45(14-15-64-49)37-7-9-43(65-25-37)31-84-60(79)83-16-17-85-86-32-51(59(77)78)68-54(73)13-12-53(72)66-26-36-4-3-5-38-28-70(30-47(36)38)55(74)22-39-21-50(69-56(39)75)58(76)71-29-42(61)23-44(71)24-63/h3-11,14-15,18-20,25,27,39,42,44,50-51H,12-13,16-17,21-23,26,28-33H2,1-2H3,(H,66,72)(H,68,73)(H,69,75)(H,77,78)/t39-,42-,44-,50-,51?/m0/s1. The number of aliphatic carboxylic acids is 1. The van der Waals surface area contributed by atoms with E-state index in [0.717, 1.165) is 48.9 Å². The van der Waals surface area contributed by atoms with Crippen LogP contribution in [0.25, 0.3) is 33.2 Å². The molecule has 2 fully saturated rings. The number of pyridine rings is 3. The highest BCUT2D eigenvalue weighted by Gasteiger charge is 2.44. The Morgan fingerprint density at radius 1 is 0.908 bits per heavy atom. The number of sulfone groups is 1. The minimum atomic E-state index is -4.11. The number of carbonyl (C=O) groups is 7. The highest BCUT2D eigenvalue weighted by Crippen LogP contribution is 2.35. The second-order valence-corrected chi connectivity index (χ2v) is 25.5. The van der Waals surface area contributed by atoms with Crippen molar-refractivity contribution in [2.75, 3.05) is 31.8 Å². The molecule has 4 N–H and O–H groups in total. The van der Waals surface area contributed by atoms with E-state index in [1.54, 1.807) is 60.7 Å². The number of hydrogen-bond acceptors (Lipinski definition) is 18. The second kappa shape index (κ2) is 28.2. The number of likely N-dealkylation sites (tertiary alicyclic amines) is 1. The Labute approximate surface area is 506 Å². The predicted octanol–water partition coefficient (Wildman–Crippen LogP) is 6.69. The zero-order valence-electron chi connectivity index (χ0n) is 47.0. The number of carbonyl (C=O) groups excluding carboxylic acids is 6. The van der Waals surface area contributed by atoms with Gasteiger partial charge >= 0.3 is 12.1 Å². The predicted molar refractivity (Wildman–Crippen MR) is 314 cm³/mol. The van der Waals surface area contributed by atoms with E-state index in [-0.39, 0.29) is 100 Å². The molecule has 3 aliphatic heterocycles. The lowest BCUT2D eigenvalue weighted by Gasteiger charge is -2.22. The Hall–Kier alpha value is -8.74. The summed E-state index contributed by atoms with van der Waals surface area (Å²) in [5.74, 6) is -5.57. The van der Waals surface area contributed by atoms with Gasteiger partial charge in [0, 0.05) is 103 Å². The smallest absolute Gasteiger partial charge is 0.481 e. The maximum absolute atomic E-state index is 14.8. The minimum absolute atomic E-state index is 0.0354. The molecule has 1 unspecified atom stereocenters. The summed E-state index contributed by atoms with van der Waals surface area (Å²) in [7, 11) is -0.396. The van der Waals surface area contributed by atoms with E-state index in [9.17, 15) is 61.1 Å². The number of amides is 5. The van der Waals surface area contributed by atoms with Gasteiger partial charge in [0.2, 0.25) is 35.4 Å². The molecular weight excluding hydrogens is 1190 g/mol. The molecule has 27 heteroatoms. The molecule has 9 rings (SSSR count). The first kappa shape index (κ1) is 62.8. The number of nitriles is 1. The minimum Gasteiger partial charge on any atom is -0.481 e. The van der Waals surface area contributed by atoms with Crippen molar-refractivity contribution in [2.24, 2.45) is 5.92 Å². The first-order valence-corrected chi connectivity index (χ1v) is 31.6. The highest BCUT2D eigenvalue weighted by molar-refractivity contribution is 8.76. The summed E-state index contributed by atoms with van der Waals surface area (Å²) in [5, 5.41) is 27.7. The number of ether oxygens (including phenoxy) is 3. The summed E-state index contributed by atoms with van der Waals surface area (Å²) in [6.45, 7) is 1.75. The van der Waals surface area contributed by atoms with Crippen molar-refractivity contribution in [3.05, 3.63) is 137 Å². The molecule has 0 radical (unpaired) electrons. The van der Waals surface area contributed by atoms with Crippen LogP contribution in [0.5, 0.6) is 5.88 Å². The fourth-order valence-corrected chi connectivity index (χ4v) is 13.8. The van der Waals surface area contributed by atoms with Gasteiger partial charge in [-0.2, -0.15) is 5.26 Å². The molecule has 5 amide bonds. The summed E-state index contributed by atoms with van der Waals surface area (Å²) in [6, 6.07) is 20.7. The number of nitrogens with zero attached hydrogens (tertiary/aromatic N) is 6. The largest absolute Gasteiger partial charge is 0.508 e. The van der Waals surface area contributed by atoms with Crippen molar-refractivity contribution in [1.29, 1.82) is 5.26 Å². The molecule has 0 aliphatic carbocycles. The molecule has 3 aromatic heterocycles. The van der Waals surface area contributed by atoms with Crippen LogP contribution in [-0.4, -0.2) is 136 Å². The molecule has 0 saturated carbocycles. The molecular formula is C60H59F2N9O13S3. The zero-order valence-corrected chi connectivity index (χ0v) is 49.5. The van der Waals surface area contributed by atoms with Crippen molar-refractivity contribution in [3.63, 3.8) is 0 Å². The average molecular weight is 1250 g/mol. The molecule has 6 heterocycles. The van der Waals surface area contributed by atoms with Crippen molar-refractivity contribution < 1.29 is 70.1 Å². The topological polar surface area (TPSA) is 307 Å². The zero-order chi connectivity index (χ0) is 61.9. The monoisotopic (exact) mass is 1250 g/mol. The third kappa shape index (κ3) is 15.6. The van der Waals surface area contributed by atoms with Gasteiger partial charge in [-0.25, -0.2) is 31.8 Å². The molecule has 3 aliphatic rings. The summed E-state index contributed by atoms with van der Waals surface area (Å²) >= 11 is 0. The molecule has 87 heavy (non-hydrogen) atoms. The summed E-state index contributed by atoms with van der Waals surface area (Å²) < 4.78 is 71.3. The van der Waals surface area contributed by atoms with Crippen molar-refractivity contribution in [1.82, 2.24) is 40.7 Å². The molecule has 2 saturated heterocycles. The van der Waals surface area contributed by atoms with Gasteiger partial charge < -0.3 is 45.1 Å². The molecule has 0 bridgehead atoms. The summed E-state index contributed by atoms with van der Waals surface area (Å²) in [6.07, 6.45) is 1.84. The third-order valence-corrected chi connectivity index (χ3v) is 18.9. The van der Waals surface area contributed by atoms with Crippen LogP contribution in [0.4, 0.5) is 13.6 Å². The van der Waals surface area contributed by atoms with Crippen LogP contribution in [-0.2, 0) is 80.1 Å². The lowest BCUT2D eigenvalue weighted by Crippen LogP contribution is -2.46. The number of aromatic nitrogens is 3. The Morgan fingerprint density at radius 3 is 2.46 bits per heavy atom. The number of benzene rings is 3. The first-order chi connectivity index (χ1) is 41.8. The second-order valence-electron chi connectivity index (χ2n) is 20.9. The number of fused-ring (bicyclic) bond motifs is 2. The average Bonchev–Trinajstić information content (AvgIpc) is 2.16. The van der Waals surface area contributed by atoms with Gasteiger partial charge in [-0.1, -0.05) is 58.0 Å². The number of rotatable bonds is 24. The maximum Gasteiger partial charge on any atom is 0.508 e. The van der Waals surface area contributed by atoms with Crippen molar-refractivity contribution in [3.8, 4) is 34.2 Å². The molecule has 5 atom stereocenters. The van der Waals surface area contributed by atoms with Gasteiger partial charge in [0.05, 0.1) is 36.7 Å². The highest BCUT2D eigenvalue weighted by atomic mass is 33.1. The molecule has 454 valence electrons. The van der Waals surface area contributed by atoms with E-state index < -0.39 is 92.3 Å². The number of carboxylic acids is 1. The quantitative estimate of drug-likeness (QED) is 0.0279. The molecule has 6 aromatic rings. The fourth-order valence-electron chi connectivity index (χ4n) is 10.4. The maximum atomic E-state index is 14.8. The van der Waals surface area contributed by atoms with Gasteiger partial charge in [0.15, 0.2) is 9.84 Å². The van der Waals surface area contributed by atoms with Crippen LogP contribution in [0.15, 0.2) is 102 Å². The van der Waals surface area contributed by atoms with Gasteiger partial charge in [0.1, 0.15) is 48.2 Å². The van der Waals surface area contributed by atoms with Crippen LogP contribution >= 0.6 is 21.6 Å². The number of halogens is 2. The van der Waals surface area contributed by atoms with E-state index in [2.05, 4.69) is 30.9 Å². The molecule has 3 aromatic carbocycles. The van der Waals surface area contributed by atoms with Gasteiger partial charge in [-0.05, 0) is 89.2 Å². The van der Waals surface area contributed by atoms with E-state index in [4.69, 9.17) is 14.2 Å². The number of aryl methyl sites for hydroxylation is 1. The lowest BCUT2D eigenvalue weighted by molar-refractivity contribution is -0.141. The van der Waals surface area contributed by atoms with Gasteiger partial charge in [0.25, 0.3) is 0 Å². The van der Waals surface area contributed by atoms with Crippen LogP contribution < -0.4 is 20.7 Å². The van der Waals surface area contributed by atoms with Crippen molar-refractivity contribution in [2.45, 2.75) is 100 Å². The number of hydrogen-bond donors (Lipinski definition) is 4. The third-order valence-electron chi connectivity index (χ3n) is 14.9. The van der Waals surface area contributed by atoms with Crippen LogP contribution in [0.1, 0.15) is 65.6 Å². The van der Waals surface area contributed by atoms with Crippen LogP contribution in [0.3, 0.4) is 0 Å². The lowest BCUT2D eigenvalue weighted by atomic mass is 9.98. The fraction of sp³-hybridized carbons (Fsp3) is 0.350. The Morgan fingerprint density at radius 2 is 1.70 bits per heavy atom. The Balaban J connectivity index is 0.664.